The lowest BCUT2D eigenvalue weighted by Crippen LogP contribution is -2.55. The Kier molecular flexibility index (Phi) is 4.51. The Morgan fingerprint density at radius 2 is 2.25 bits per heavy atom. The molecular formula is C13H21N5O2. The molecular weight excluding hydrogens is 258 g/mol. The fourth-order valence-electron chi connectivity index (χ4n) is 2.40. The van der Waals surface area contributed by atoms with E-state index in [0.717, 1.165) is 31.1 Å². The van der Waals surface area contributed by atoms with Crippen molar-refractivity contribution in [1.29, 1.82) is 0 Å². The second-order valence-corrected chi connectivity index (χ2v) is 5.03. The number of methoxy groups -OCH3 is 1. The highest BCUT2D eigenvalue weighted by molar-refractivity contribution is 5.85. The standard InChI is InChI=1S/C13H21N5O2/c1-9-6-11(16-12(15-9)13(19)20-3)18-5-4-17(2)8-10(18)7-14/h6,10H,4-5,7-8,14H2,1-3H3. The Morgan fingerprint density at radius 3 is 2.90 bits per heavy atom. The van der Waals surface area contributed by atoms with Crippen molar-refractivity contribution in [3.8, 4) is 0 Å². The summed E-state index contributed by atoms with van der Waals surface area (Å²) in [6.07, 6.45) is 0. The number of aromatic nitrogens is 2. The van der Waals surface area contributed by atoms with E-state index in [1.54, 1.807) is 0 Å². The molecule has 2 N–H and O–H groups in total. The summed E-state index contributed by atoms with van der Waals surface area (Å²) < 4.78 is 4.69. The van der Waals surface area contributed by atoms with Crippen LogP contribution in [-0.4, -0.2) is 67.2 Å². The number of anilines is 1. The van der Waals surface area contributed by atoms with E-state index in [-0.39, 0.29) is 11.9 Å². The van der Waals surface area contributed by atoms with Crippen molar-refractivity contribution in [2.24, 2.45) is 5.73 Å². The maximum absolute atomic E-state index is 11.6. The van der Waals surface area contributed by atoms with Gasteiger partial charge in [-0.2, -0.15) is 0 Å². The van der Waals surface area contributed by atoms with Gasteiger partial charge in [-0.25, -0.2) is 14.8 Å². The zero-order chi connectivity index (χ0) is 14.7. The summed E-state index contributed by atoms with van der Waals surface area (Å²) in [6, 6.07) is 2.06. The van der Waals surface area contributed by atoms with E-state index >= 15 is 0 Å². The van der Waals surface area contributed by atoms with E-state index in [4.69, 9.17) is 5.73 Å². The zero-order valence-electron chi connectivity index (χ0n) is 12.2. The van der Waals surface area contributed by atoms with Gasteiger partial charge in [0.15, 0.2) is 0 Å². The van der Waals surface area contributed by atoms with Crippen molar-refractivity contribution < 1.29 is 9.53 Å². The monoisotopic (exact) mass is 279 g/mol. The molecule has 110 valence electrons. The van der Waals surface area contributed by atoms with E-state index in [0.29, 0.717) is 6.54 Å². The Bertz CT molecular complexity index is 494. The molecule has 0 saturated carbocycles. The minimum atomic E-state index is -0.520. The molecule has 2 heterocycles. The highest BCUT2D eigenvalue weighted by atomic mass is 16.5. The largest absolute Gasteiger partial charge is 0.463 e. The number of carbonyl (C=O) groups excluding carboxylic acids is 1. The first kappa shape index (κ1) is 14.7. The summed E-state index contributed by atoms with van der Waals surface area (Å²) in [7, 11) is 3.40. The summed E-state index contributed by atoms with van der Waals surface area (Å²) in [5.41, 5.74) is 6.59. The van der Waals surface area contributed by atoms with Crippen LogP contribution in [0.5, 0.6) is 0 Å². The van der Waals surface area contributed by atoms with Crippen molar-refractivity contribution in [3.63, 3.8) is 0 Å². The van der Waals surface area contributed by atoms with Crippen molar-refractivity contribution in [2.45, 2.75) is 13.0 Å². The molecule has 1 aliphatic heterocycles. The second kappa shape index (κ2) is 6.15. The molecule has 0 amide bonds. The molecule has 0 aliphatic carbocycles. The van der Waals surface area contributed by atoms with Gasteiger partial charge in [-0.15, -0.1) is 0 Å². The molecule has 1 aliphatic rings. The quantitative estimate of drug-likeness (QED) is 0.757. The van der Waals surface area contributed by atoms with Gasteiger partial charge in [-0.05, 0) is 14.0 Å². The van der Waals surface area contributed by atoms with Crippen LogP contribution in [0.4, 0.5) is 5.82 Å². The molecule has 1 saturated heterocycles. The van der Waals surface area contributed by atoms with Crippen LogP contribution in [0.15, 0.2) is 6.07 Å². The average Bonchev–Trinajstić information content (AvgIpc) is 2.45. The fraction of sp³-hybridized carbons (Fsp3) is 0.615. The molecule has 20 heavy (non-hydrogen) atoms. The molecule has 1 atom stereocenters. The lowest BCUT2D eigenvalue weighted by molar-refractivity contribution is 0.0586. The molecule has 1 fully saturated rings. The Morgan fingerprint density at radius 1 is 1.50 bits per heavy atom. The number of rotatable bonds is 3. The minimum absolute atomic E-state index is 0.0946. The van der Waals surface area contributed by atoms with Crippen molar-refractivity contribution in [1.82, 2.24) is 14.9 Å². The van der Waals surface area contributed by atoms with Crippen LogP contribution in [0.1, 0.15) is 16.3 Å². The number of hydrogen-bond acceptors (Lipinski definition) is 7. The second-order valence-electron chi connectivity index (χ2n) is 5.03. The molecule has 0 bridgehead atoms. The summed E-state index contributed by atoms with van der Waals surface area (Å²) in [5.74, 6) is 0.312. The Hall–Kier alpha value is -1.73. The van der Waals surface area contributed by atoms with E-state index in [2.05, 4.69) is 31.6 Å². The highest BCUT2D eigenvalue weighted by Crippen LogP contribution is 2.18. The van der Waals surface area contributed by atoms with Crippen molar-refractivity contribution in [2.75, 3.05) is 45.2 Å². The van der Waals surface area contributed by atoms with Gasteiger partial charge < -0.3 is 20.3 Å². The normalized spacial score (nSPS) is 20.0. The number of nitrogens with zero attached hydrogens (tertiary/aromatic N) is 4. The number of carbonyl (C=O) groups is 1. The van der Waals surface area contributed by atoms with Gasteiger partial charge in [0.25, 0.3) is 0 Å². The van der Waals surface area contributed by atoms with Gasteiger partial charge >= 0.3 is 5.97 Å². The summed E-state index contributed by atoms with van der Waals surface area (Å²) >= 11 is 0. The number of esters is 1. The number of piperazine rings is 1. The van der Waals surface area contributed by atoms with Crippen LogP contribution in [0.2, 0.25) is 0 Å². The predicted molar refractivity (Wildman–Crippen MR) is 75.8 cm³/mol. The minimum Gasteiger partial charge on any atom is -0.463 e. The summed E-state index contributed by atoms with van der Waals surface area (Å²) in [6.45, 7) is 5.03. The smallest absolute Gasteiger partial charge is 0.376 e. The number of nitrogens with two attached hydrogens (primary N) is 1. The first-order valence-electron chi connectivity index (χ1n) is 6.64. The van der Waals surface area contributed by atoms with E-state index in [1.807, 2.05) is 13.0 Å². The van der Waals surface area contributed by atoms with E-state index in [1.165, 1.54) is 7.11 Å². The van der Waals surface area contributed by atoms with Crippen molar-refractivity contribution >= 4 is 11.8 Å². The Balaban J connectivity index is 2.31. The molecule has 0 spiro atoms. The topological polar surface area (TPSA) is 84.6 Å². The van der Waals surface area contributed by atoms with Gasteiger partial charge in [0, 0.05) is 37.9 Å². The molecule has 7 heteroatoms. The lowest BCUT2D eigenvalue weighted by atomic mass is 10.1. The van der Waals surface area contributed by atoms with Gasteiger partial charge in [0.1, 0.15) is 5.82 Å². The fourth-order valence-corrected chi connectivity index (χ4v) is 2.40. The van der Waals surface area contributed by atoms with Gasteiger partial charge in [0.2, 0.25) is 5.82 Å². The molecule has 0 radical (unpaired) electrons. The van der Waals surface area contributed by atoms with Gasteiger partial charge in [-0.1, -0.05) is 0 Å². The summed E-state index contributed by atoms with van der Waals surface area (Å²) in [4.78, 5) is 24.4. The maximum atomic E-state index is 11.6. The first-order chi connectivity index (χ1) is 9.55. The zero-order valence-corrected chi connectivity index (χ0v) is 12.2. The first-order valence-corrected chi connectivity index (χ1v) is 6.64. The van der Waals surface area contributed by atoms with Crippen LogP contribution >= 0.6 is 0 Å². The Labute approximate surface area is 118 Å². The molecule has 1 unspecified atom stereocenters. The molecule has 7 nitrogen and oxygen atoms in total. The van der Waals surface area contributed by atoms with Crippen LogP contribution in [0.25, 0.3) is 0 Å². The van der Waals surface area contributed by atoms with E-state index in [9.17, 15) is 4.79 Å². The number of hydrogen-bond donors (Lipinski definition) is 1. The van der Waals surface area contributed by atoms with Crippen molar-refractivity contribution in [3.05, 3.63) is 17.6 Å². The third kappa shape index (κ3) is 3.05. The van der Waals surface area contributed by atoms with E-state index < -0.39 is 5.97 Å². The number of likely N-dealkylation sites (N-methyl/N-ethyl adjacent to an activating group) is 1. The number of aryl methyl sites for hydroxylation is 1. The lowest BCUT2D eigenvalue weighted by Gasteiger charge is -2.40. The van der Waals surface area contributed by atoms with Crippen LogP contribution in [-0.2, 0) is 4.74 Å². The SMILES string of the molecule is COC(=O)c1nc(C)cc(N2CCN(C)CC2CN)n1. The third-order valence-corrected chi connectivity index (χ3v) is 3.46. The van der Waals surface area contributed by atoms with Crippen LogP contribution in [0, 0.1) is 6.92 Å². The van der Waals surface area contributed by atoms with Crippen LogP contribution < -0.4 is 10.6 Å². The van der Waals surface area contributed by atoms with Gasteiger partial charge in [0.05, 0.1) is 13.2 Å². The molecule has 2 rings (SSSR count). The number of ether oxygens (including phenoxy) is 1. The molecule has 1 aromatic rings. The average molecular weight is 279 g/mol. The highest BCUT2D eigenvalue weighted by Gasteiger charge is 2.26. The summed E-state index contributed by atoms with van der Waals surface area (Å²) in [5, 5.41) is 0. The predicted octanol–water partition coefficient (Wildman–Crippen LogP) is -0.349. The van der Waals surface area contributed by atoms with Crippen LogP contribution in [0.3, 0.4) is 0 Å². The third-order valence-electron chi connectivity index (χ3n) is 3.46. The molecule has 1 aromatic heterocycles. The maximum Gasteiger partial charge on any atom is 0.376 e. The van der Waals surface area contributed by atoms with Gasteiger partial charge in [-0.3, -0.25) is 0 Å². The molecule has 0 aromatic carbocycles.